The zero-order chi connectivity index (χ0) is 21.5. The Morgan fingerprint density at radius 1 is 1.13 bits per heavy atom. The van der Waals surface area contributed by atoms with E-state index in [1.165, 1.54) is 0 Å². The number of nitrogens with zero attached hydrogens (tertiary/aromatic N) is 3. The van der Waals surface area contributed by atoms with Gasteiger partial charge >= 0.3 is 0 Å². The molecule has 0 unspecified atom stereocenters. The topological polar surface area (TPSA) is 116 Å². The Kier molecular flexibility index (Phi) is 5.41. The second-order valence-corrected chi connectivity index (χ2v) is 9.47. The van der Waals surface area contributed by atoms with Crippen LogP contribution in [0.25, 0.3) is 21.9 Å². The quantitative estimate of drug-likeness (QED) is 0.472. The van der Waals surface area contributed by atoms with Crippen LogP contribution in [0.4, 0.5) is 0 Å². The molecule has 0 amide bonds. The first kappa shape index (κ1) is 20.6. The molecule has 0 atom stereocenters. The predicted octanol–water partition coefficient (Wildman–Crippen LogP) is 2.33. The predicted molar refractivity (Wildman–Crippen MR) is 116 cm³/mol. The summed E-state index contributed by atoms with van der Waals surface area (Å²) in [5, 5.41) is 10.3. The summed E-state index contributed by atoms with van der Waals surface area (Å²) in [6, 6.07) is 10.7. The Labute approximate surface area is 177 Å². The monoisotopic (exact) mass is 444 g/mol. The van der Waals surface area contributed by atoms with Crippen LogP contribution in [-0.2, 0) is 16.6 Å². The molecule has 0 aliphatic carbocycles. The minimum atomic E-state index is -4.04. The number of aromatic nitrogens is 3. The third-order valence-corrected chi connectivity index (χ3v) is 7.60. The Balaban J connectivity index is 1.82. The van der Waals surface area contributed by atoms with E-state index in [2.05, 4.69) is 13.7 Å². The highest BCUT2D eigenvalue weighted by atomic mass is 32.2. The summed E-state index contributed by atoms with van der Waals surface area (Å²) in [6.45, 7) is 2.88. The van der Waals surface area contributed by atoms with Crippen molar-refractivity contribution in [3.63, 3.8) is 0 Å². The summed E-state index contributed by atoms with van der Waals surface area (Å²) in [5.74, 6) is 0. The molecule has 0 aliphatic rings. The first-order chi connectivity index (χ1) is 14.3. The normalized spacial score (nSPS) is 12.3. The number of benzene rings is 2. The van der Waals surface area contributed by atoms with E-state index in [4.69, 9.17) is 0 Å². The van der Waals surface area contributed by atoms with Gasteiger partial charge in [-0.25, -0.2) is 8.42 Å². The summed E-state index contributed by atoms with van der Waals surface area (Å²) in [4.78, 5) is 15.6. The molecular formula is C20H20N4O4S2. The van der Waals surface area contributed by atoms with Crippen LogP contribution in [-0.4, -0.2) is 44.7 Å². The van der Waals surface area contributed by atoms with Crippen molar-refractivity contribution in [3.8, 4) is 0 Å². The molecule has 0 saturated carbocycles. The second kappa shape index (κ2) is 7.88. The molecule has 2 aromatic heterocycles. The Hall–Kier alpha value is -2.66. The Bertz CT molecular complexity index is 1410. The first-order valence-corrected chi connectivity index (χ1v) is 11.4. The van der Waals surface area contributed by atoms with Gasteiger partial charge in [-0.1, -0.05) is 24.3 Å². The van der Waals surface area contributed by atoms with Crippen molar-refractivity contribution in [1.82, 2.24) is 18.0 Å². The number of aryl methyl sites for hydroxylation is 2. The van der Waals surface area contributed by atoms with Gasteiger partial charge in [0, 0.05) is 18.7 Å². The smallest absolute Gasteiger partial charge is 0.252 e. The van der Waals surface area contributed by atoms with Crippen LogP contribution in [0.2, 0.25) is 0 Å². The fourth-order valence-corrected chi connectivity index (χ4v) is 5.87. The van der Waals surface area contributed by atoms with E-state index >= 15 is 0 Å². The van der Waals surface area contributed by atoms with Crippen LogP contribution in [0.15, 0.2) is 46.1 Å². The van der Waals surface area contributed by atoms with E-state index in [-0.39, 0.29) is 30.2 Å². The van der Waals surface area contributed by atoms with Crippen LogP contribution in [0.3, 0.4) is 0 Å². The minimum absolute atomic E-state index is 0.0512. The third-order valence-electron chi connectivity index (χ3n) is 5.04. The third kappa shape index (κ3) is 3.52. The molecule has 4 aromatic rings. The lowest BCUT2D eigenvalue weighted by atomic mass is 10.1. The van der Waals surface area contributed by atoms with Gasteiger partial charge in [0.2, 0.25) is 10.0 Å². The molecule has 4 rings (SSSR count). The Morgan fingerprint density at radius 2 is 1.93 bits per heavy atom. The minimum Gasteiger partial charge on any atom is -0.395 e. The molecule has 0 radical (unpaired) electrons. The van der Waals surface area contributed by atoms with Crippen molar-refractivity contribution < 1.29 is 13.5 Å². The molecule has 0 fully saturated rings. The summed E-state index contributed by atoms with van der Waals surface area (Å²) >= 11 is 0.939. The van der Waals surface area contributed by atoms with Gasteiger partial charge in [-0.2, -0.15) is 13.1 Å². The van der Waals surface area contributed by atoms with Crippen LogP contribution < -0.4 is 5.56 Å². The molecule has 8 nitrogen and oxygen atoms in total. The summed E-state index contributed by atoms with van der Waals surface area (Å²) < 4.78 is 36.4. The number of hydrogen-bond donors (Lipinski definition) is 2. The number of hydrogen-bond acceptors (Lipinski definition) is 7. The maximum Gasteiger partial charge on any atom is 0.252 e. The van der Waals surface area contributed by atoms with Crippen LogP contribution in [0, 0.1) is 13.8 Å². The van der Waals surface area contributed by atoms with Crippen molar-refractivity contribution in [3.05, 3.63) is 63.4 Å². The summed E-state index contributed by atoms with van der Waals surface area (Å²) in [6.07, 6.45) is 0. The molecular weight excluding hydrogens is 424 g/mol. The number of sulfonamides is 1. The molecule has 10 heteroatoms. The fraction of sp³-hybridized carbons (Fsp3) is 0.250. The largest absolute Gasteiger partial charge is 0.395 e. The van der Waals surface area contributed by atoms with E-state index in [1.807, 2.05) is 25.1 Å². The van der Waals surface area contributed by atoms with Gasteiger partial charge in [-0.05, 0) is 42.5 Å². The van der Waals surface area contributed by atoms with Gasteiger partial charge in [0.25, 0.3) is 5.56 Å². The molecule has 0 aliphatic heterocycles. The number of H-pyrrole nitrogens is 1. The second-order valence-electron chi connectivity index (χ2n) is 7.07. The molecule has 30 heavy (non-hydrogen) atoms. The molecule has 156 valence electrons. The lowest BCUT2D eigenvalue weighted by Crippen LogP contribution is -2.35. The molecule has 2 heterocycles. The zero-order valence-corrected chi connectivity index (χ0v) is 18.0. The number of nitrogens with one attached hydrogen (secondary N) is 1. The molecule has 2 N–H and O–H groups in total. The van der Waals surface area contributed by atoms with Crippen molar-refractivity contribution in [1.29, 1.82) is 0 Å². The van der Waals surface area contributed by atoms with Gasteiger partial charge in [0.15, 0.2) is 0 Å². The number of rotatable bonds is 6. The first-order valence-electron chi connectivity index (χ1n) is 9.27. The lowest BCUT2D eigenvalue weighted by Gasteiger charge is -2.22. The van der Waals surface area contributed by atoms with Gasteiger partial charge in [0.05, 0.1) is 23.9 Å². The SMILES string of the molecule is Cc1ccc2nsnc2c1S(=O)(=O)N(CCO)Cc1cc2cccc(C)c2[nH]c1=O. The zero-order valence-electron chi connectivity index (χ0n) is 16.4. The highest BCUT2D eigenvalue weighted by Gasteiger charge is 2.30. The van der Waals surface area contributed by atoms with E-state index in [9.17, 15) is 18.3 Å². The van der Waals surface area contributed by atoms with E-state index in [0.29, 0.717) is 22.2 Å². The van der Waals surface area contributed by atoms with Crippen LogP contribution in [0.5, 0.6) is 0 Å². The highest BCUT2D eigenvalue weighted by molar-refractivity contribution is 7.89. The van der Waals surface area contributed by atoms with Crippen molar-refractivity contribution in [2.24, 2.45) is 0 Å². The highest BCUT2D eigenvalue weighted by Crippen LogP contribution is 2.28. The average Bonchev–Trinajstić information content (AvgIpc) is 3.17. The molecule has 2 aromatic carbocycles. The van der Waals surface area contributed by atoms with Gasteiger partial charge in [-0.15, -0.1) is 0 Å². The number of aliphatic hydroxyl groups is 1. The van der Waals surface area contributed by atoms with Crippen LogP contribution >= 0.6 is 11.7 Å². The van der Waals surface area contributed by atoms with Crippen molar-refractivity contribution in [2.45, 2.75) is 25.3 Å². The number of fused-ring (bicyclic) bond motifs is 2. The average molecular weight is 445 g/mol. The van der Waals surface area contributed by atoms with Crippen molar-refractivity contribution in [2.75, 3.05) is 13.2 Å². The van der Waals surface area contributed by atoms with Gasteiger partial charge in [-0.3, -0.25) is 4.79 Å². The van der Waals surface area contributed by atoms with Crippen molar-refractivity contribution >= 4 is 43.7 Å². The standard InChI is InChI=1S/C20H20N4O4S2/c1-12-4-3-5-14-10-15(20(26)21-17(12)14)11-24(8-9-25)30(27,28)19-13(2)6-7-16-18(19)23-29-22-16/h3-7,10,25H,8-9,11H2,1-2H3,(H,21,26). The number of aliphatic hydroxyl groups excluding tert-OH is 1. The Morgan fingerprint density at radius 3 is 2.70 bits per heavy atom. The van der Waals surface area contributed by atoms with E-state index < -0.39 is 10.0 Å². The van der Waals surface area contributed by atoms with E-state index in [0.717, 1.165) is 32.5 Å². The fourth-order valence-electron chi connectivity index (χ4n) is 3.52. The number of pyridine rings is 1. The number of aromatic amines is 1. The maximum atomic E-state index is 13.5. The lowest BCUT2D eigenvalue weighted by molar-refractivity contribution is 0.251. The van der Waals surface area contributed by atoms with Crippen LogP contribution in [0.1, 0.15) is 16.7 Å². The summed E-state index contributed by atoms with van der Waals surface area (Å²) in [5.41, 5.74) is 2.90. The van der Waals surface area contributed by atoms with Gasteiger partial charge < -0.3 is 10.1 Å². The number of para-hydroxylation sites is 1. The van der Waals surface area contributed by atoms with E-state index in [1.54, 1.807) is 25.1 Å². The molecule has 0 saturated heterocycles. The molecule has 0 bridgehead atoms. The molecule has 0 spiro atoms. The summed E-state index contributed by atoms with van der Waals surface area (Å²) in [7, 11) is -4.04. The maximum absolute atomic E-state index is 13.5. The van der Waals surface area contributed by atoms with Gasteiger partial charge in [0.1, 0.15) is 15.9 Å².